The smallest absolute Gasteiger partial charge is 0.244 e. The van der Waals surface area contributed by atoms with Gasteiger partial charge in [-0.1, -0.05) is 23.6 Å². The minimum Gasteiger partial charge on any atom is -0.490 e. The van der Waals surface area contributed by atoms with E-state index in [-0.39, 0.29) is 18.9 Å². The third-order valence-corrected chi connectivity index (χ3v) is 4.29. The van der Waals surface area contributed by atoms with E-state index in [0.29, 0.717) is 53.4 Å². The molecule has 1 aliphatic rings. The van der Waals surface area contributed by atoms with Crippen molar-refractivity contribution >= 4 is 23.7 Å². The summed E-state index contributed by atoms with van der Waals surface area (Å²) in [5.74, 6) is 4.26. The number of carbonyl (C=O) groups is 1. The number of amides is 1. The summed E-state index contributed by atoms with van der Waals surface area (Å²) in [7, 11) is 0. The van der Waals surface area contributed by atoms with Gasteiger partial charge in [-0.25, -0.2) is 5.43 Å². The molecule has 1 aliphatic heterocycles. The third kappa shape index (κ3) is 5.58. The average Bonchev–Trinajstić information content (AvgIpc) is 2.73. The molecule has 0 unspecified atom stereocenters. The zero-order chi connectivity index (χ0) is 21.3. The number of halogens is 1. The molecule has 0 bridgehead atoms. The molecule has 0 aliphatic carbocycles. The second-order valence-electron chi connectivity index (χ2n) is 6.20. The molecule has 7 nitrogen and oxygen atoms in total. The first-order valence-corrected chi connectivity index (χ1v) is 9.71. The minimum atomic E-state index is -0.270. The fraction of sp³-hybridized carbons (Fsp3) is 0.273. The predicted molar refractivity (Wildman–Crippen MR) is 114 cm³/mol. The van der Waals surface area contributed by atoms with Crippen molar-refractivity contribution in [3.8, 4) is 35.3 Å². The first-order valence-electron chi connectivity index (χ1n) is 9.33. The molecule has 156 valence electrons. The maximum absolute atomic E-state index is 12.2. The van der Waals surface area contributed by atoms with Crippen LogP contribution in [-0.2, 0) is 11.2 Å². The van der Waals surface area contributed by atoms with E-state index in [9.17, 15) is 4.79 Å². The molecule has 0 saturated carbocycles. The van der Waals surface area contributed by atoms with Crippen molar-refractivity contribution in [1.82, 2.24) is 5.43 Å². The van der Waals surface area contributed by atoms with E-state index >= 15 is 0 Å². The van der Waals surface area contributed by atoms with Crippen LogP contribution in [0.4, 0.5) is 0 Å². The molecule has 0 fully saturated rings. The fourth-order valence-electron chi connectivity index (χ4n) is 2.78. The van der Waals surface area contributed by atoms with Gasteiger partial charge in [-0.2, -0.15) is 5.10 Å². The highest BCUT2D eigenvalue weighted by Crippen LogP contribution is 2.36. The summed E-state index contributed by atoms with van der Waals surface area (Å²) in [6.45, 7) is 3.36. The SMILES string of the molecule is C#CCOc1c(Cl)cc(/C=N/NC(=O)Cc2ccc3c(c2)OCCO3)cc1OCC. The standard InChI is InChI=1S/C22H21ClN2O5/c1-3-7-30-22-17(23)10-16(12-20(22)27-4-2)14-24-25-21(26)13-15-5-6-18-19(11-15)29-9-8-28-18/h1,5-6,10-12,14H,4,7-9,13H2,2H3,(H,25,26)/b24-14+. The molecule has 0 radical (unpaired) electrons. The van der Waals surface area contributed by atoms with Gasteiger partial charge in [0.25, 0.3) is 0 Å². The van der Waals surface area contributed by atoms with E-state index in [1.807, 2.05) is 13.0 Å². The Morgan fingerprint density at radius 1 is 1.27 bits per heavy atom. The number of hydrogen-bond acceptors (Lipinski definition) is 6. The predicted octanol–water partition coefficient (Wildman–Crippen LogP) is 3.21. The maximum Gasteiger partial charge on any atom is 0.244 e. The molecule has 0 spiro atoms. The fourth-order valence-corrected chi connectivity index (χ4v) is 3.05. The van der Waals surface area contributed by atoms with Crippen molar-refractivity contribution in [2.24, 2.45) is 5.10 Å². The van der Waals surface area contributed by atoms with Gasteiger partial charge in [0.05, 0.1) is 24.3 Å². The lowest BCUT2D eigenvalue weighted by Gasteiger charge is -2.18. The molecule has 2 aromatic rings. The number of ether oxygens (including phenoxy) is 4. The number of nitrogens with zero attached hydrogens (tertiary/aromatic N) is 1. The Labute approximate surface area is 179 Å². The second-order valence-corrected chi connectivity index (χ2v) is 6.61. The molecule has 0 aromatic heterocycles. The van der Waals surface area contributed by atoms with E-state index in [0.717, 1.165) is 5.56 Å². The van der Waals surface area contributed by atoms with Gasteiger partial charge in [0.2, 0.25) is 5.91 Å². The Kier molecular flexibility index (Phi) is 7.41. The molecule has 8 heteroatoms. The van der Waals surface area contributed by atoms with Gasteiger partial charge in [-0.15, -0.1) is 6.42 Å². The molecule has 1 N–H and O–H groups in total. The third-order valence-electron chi connectivity index (χ3n) is 4.01. The number of carbonyl (C=O) groups excluding carboxylic acids is 1. The monoisotopic (exact) mass is 428 g/mol. The van der Waals surface area contributed by atoms with Crippen molar-refractivity contribution in [2.75, 3.05) is 26.4 Å². The Hall–Kier alpha value is -3.37. The van der Waals surface area contributed by atoms with E-state index in [4.69, 9.17) is 37.0 Å². The Morgan fingerprint density at radius 3 is 2.83 bits per heavy atom. The molecular weight excluding hydrogens is 408 g/mol. The van der Waals surface area contributed by atoms with Crippen molar-refractivity contribution in [2.45, 2.75) is 13.3 Å². The molecule has 1 heterocycles. The molecule has 0 saturated heterocycles. The number of hydrazone groups is 1. The number of rotatable bonds is 8. The summed E-state index contributed by atoms with van der Waals surface area (Å²) in [5.41, 5.74) is 3.93. The Balaban J connectivity index is 1.63. The largest absolute Gasteiger partial charge is 0.490 e. The van der Waals surface area contributed by atoms with Crippen LogP contribution < -0.4 is 24.4 Å². The minimum absolute atomic E-state index is 0.0726. The van der Waals surface area contributed by atoms with Crippen LogP contribution in [0.25, 0.3) is 0 Å². The Bertz CT molecular complexity index is 984. The van der Waals surface area contributed by atoms with Crippen LogP contribution in [0.2, 0.25) is 5.02 Å². The summed E-state index contributed by atoms with van der Waals surface area (Å²) in [6, 6.07) is 8.76. The maximum atomic E-state index is 12.2. The highest BCUT2D eigenvalue weighted by atomic mass is 35.5. The van der Waals surface area contributed by atoms with Gasteiger partial charge >= 0.3 is 0 Å². The second kappa shape index (κ2) is 10.4. The van der Waals surface area contributed by atoms with Crippen molar-refractivity contribution in [1.29, 1.82) is 0 Å². The van der Waals surface area contributed by atoms with E-state index in [1.54, 1.807) is 24.3 Å². The number of nitrogens with one attached hydrogen (secondary N) is 1. The summed E-state index contributed by atoms with van der Waals surface area (Å²) in [5, 5.41) is 4.33. The average molecular weight is 429 g/mol. The van der Waals surface area contributed by atoms with E-state index < -0.39 is 0 Å². The van der Waals surface area contributed by atoms with Crippen LogP contribution in [-0.4, -0.2) is 38.5 Å². The normalized spacial score (nSPS) is 12.3. The molecule has 1 amide bonds. The van der Waals surface area contributed by atoms with Gasteiger partial charge in [0.1, 0.15) is 19.8 Å². The van der Waals surface area contributed by atoms with Gasteiger partial charge in [0, 0.05) is 0 Å². The Morgan fingerprint density at radius 2 is 2.07 bits per heavy atom. The van der Waals surface area contributed by atoms with Crippen molar-refractivity contribution in [3.05, 3.63) is 46.5 Å². The van der Waals surface area contributed by atoms with Crippen molar-refractivity contribution in [3.63, 3.8) is 0 Å². The lowest BCUT2D eigenvalue weighted by molar-refractivity contribution is -0.120. The van der Waals surface area contributed by atoms with Gasteiger partial charge in [-0.3, -0.25) is 4.79 Å². The van der Waals surface area contributed by atoms with Crippen LogP contribution in [0, 0.1) is 12.3 Å². The zero-order valence-corrected chi connectivity index (χ0v) is 17.2. The topological polar surface area (TPSA) is 78.4 Å². The van der Waals surface area contributed by atoms with Crippen LogP contribution in [0.3, 0.4) is 0 Å². The first-order chi connectivity index (χ1) is 14.6. The van der Waals surface area contributed by atoms with Crippen molar-refractivity contribution < 1.29 is 23.7 Å². The first kappa shape index (κ1) is 21.3. The lowest BCUT2D eigenvalue weighted by atomic mass is 10.1. The highest BCUT2D eigenvalue weighted by molar-refractivity contribution is 6.32. The van der Waals surface area contributed by atoms with Gasteiger partial charge < -0.3 is 18.9 Å². The summed E-state index contributed by atoms with van der Waals surface area (Å²) in [6.07, 6.45) is 6.85. The number of terminal acetylenes is 1. The number of benzene rings is 2. The zero-order valence-electron chi connectivity index (χ0n) is 16.4. The lowest BCUT2D eigenvalue weighted by Crippen LogP contribution is -2.20. The highest BCUT2D eigenvalue weighted by Gasteiger charge is 2.14. The molecule has 0 atom stereocenters. The quantitative estimate of drug-likeness (QED) is 0.397. The number of fused-ring (bicyclic) bond motifs is 1. The summed E-state index contributed by atoms with van der Waals surface area (Å²) >= 11 is 6.27. The van der Waals surface area contributed by atoms with Crippen LogP contribution in [0.15, 0.2) is 35.4 Å². The van der Waals surface area contributed by atoms with Gasteiger partial charge in [-0.05, 0) is 42.3 Å². The number of hydrogen-bond donors (Lipinski definition) is 1. The molecule has 3 rings (SSSR count). The molecule has 30 heavy (non-hydrogen) atoms. The molecular formula is C22H21ClN2O5. The van der Waals surface area contributed by atoms with E-state index in [1.165, 1.54) is 6.21 Å². The summed E-state index contributed by atoms with van der Waals surface area (Å²) < 4.78 is 22.0. The van der Waals surface area contributed by atoms with Gasteiger partial charge in [0.15, 0.2) is 23.0 Å². The van der Waals surface area contributed by atoms with Crippen LogP contribution in [0.1, 0.15) is 18.1 Å². The van der Waals surface area contributed by atoms with Crippen LogP contribution in [0.5, 0.6) is 23.0 Å². The summed E-state index contributed by atoms with van der Waals surface area (Å²) in [4.78, 5) is 12.2. The van der Waals surface area contributed by atoms with E-state index in [2.05, 4.69) is 16.4 Å². The molecule has 2 aromatic carbocycles. The van der Waals surface area contributed by atoms with Crippen LogP contribution >= 0.6 is 11.6 Å².